The van der Waals surface area contributed by atoms with E-state index >= 15 is 0 Å². The third kappa shape index (κ3) is 63.4. The van der Waals surface area contributed by atoms with Gasteiger partial charge in [0.15, 0.2) is 12.4 Å². The van der Waals surface area contributed by atoms with E-state index in [-0.39, 0.29) is 32.7 Å². The van der Waals surface area contributed by atoms with E-state index in [0.717, 1.165) is 89.9 Å². The number of aliphatic carboxylic acids is 1. The van der Waals surface area contributed by atoms with Crippen LogP contribution in [0.15, 0.2) is 109 Å². The molecule has 0 saturated carbocycles. The predicted molar refractivity (Wildman–Crippen MR) is 343 cm³/mol. The van der Waals surface area contributed by atoms with Gasteiger partial charge in [-0.15, -0.1) is 0 Å². The summed E-state index contributed by atoms with van der Waals surface area (Å²) in [6.07, 6.45) is 83.4. The molecule has 0 spiro atoms. The Bertz CT molecular complexity index is 1700. The fraction of sp³-hybridized carbons (Fsp3) is 0.708. The average molecular weight is 1130 g/mol. The van der Waals surface area contributed by atoms with Gasteiger partial charge in [0.2, 0.25) is 0 Å². The number of ether oxygens (including phenoxy) is 4. The van der Waals surface area contributed by atoms with Gasteiger partial charge in [0.05, 0.1) is 40.3 Å². The number of hydrogen-bond acceptors (Lipinski definition) is 8. The summed E-state index contributed by atoms with van der Waals surface area (Å²) in [5.41, 5.74) is 0. The Hall–Kier alpha value is -4.05. The Balaban J connectivity index is 3.98. The minimum Gasteiger partial charge on any atom is -0.545 e. The third-order valence-corrected chi connectivity index (χ3v) is 14.0. The molecule has 0 bridgehead atoms. The van der Waals surface area contributed by atoms with Crippen LogP contribution in [0.4, 0.5) is 0 Å². The van der Waals surface area contributed by atoms with Crippen molar-refractivity contribution in [3.8, 4) is 0 Å². The number of carboxylic acid groups (broad SMARTS) is 1. The second-order valence-corrected chi connectivity index (χ2v) is 23.0. The maximum Gasteiger partial charge on any atom is 0.306 e. The zero-order valence-electron chi connectivity index (χ0n) is 52.9. The molecule has 0 radical (unpaired) electrons. The van der Waals surface area contributed by atoms with Crippen LogP contribution in [0.3, 0.4) is 0 Å². The lowest BCUT2D eigenvalue weighted by Crippen LogP contribution is -2.44. The largest absolute Gasteiger partial charge is 0.545 e. The first kappa shape index (κ1) is 77.0. The molecule has 2 atom stereocenters. The smallest absolute Gasteiger partial charge is 0.306 e. The normalized spacial score (nSPS) is 13.4. The number of carbonyl (C=O) groups is 3. The highest BCUT2D eigenvalue weighted by Crippen LogP contribution is 2.17. The van der Waals surface area contributed by atoms with Crippen molar-refractivity contribution in [1.82, 2.24) is 0 Å². The van der Waals surface area contributed by atoms with E-state index in [9.17, 15) is 19.5 Å². The zero-order valence-corrected chi connectivity index (χ0v) is 52.9. The SMILES string of the molecule is CC/C=C\C/C=C\C/C=C\C/C=C\C/C=C\CCCCCCCCCCCCCCCCCCCCCCCCCCCC(=O)OC(COC(=O)CCCC/C=C\C/C=C\C/C=C\C/C=C\CC)COC(OCC[N+](C)(C)C)C(=O)[O-]. The Kier molecular flexibility index (Phi) is 58.9. The highest BCUT2D eigenvalue weighted by atomic mass is 16.7. The van der Waals surface area contributed by atoms with Crippen molar-refractivity contribution in [1.29, 1.82) is 0 Å². The number of nitrogens with zero attached hydrogens (tertiary/aromatic N) is 1. The van der Waals surface area contributed by atoms with Crippen molar-refractivity contribution in [3.63, 3.8) is 0 Å². The van der Waals surface area contributed by atoms with Crippen molar-refractivity contribution >= 4 is 17.9 Å². The molecule has 0 aliphatic heterocycles. The van der Waals surface area contributed by atoms with E-state index in [2.05, 4.69) is 123 Å². The number of allylic oxidation sites excluding steroid dienone is 18. The third-order valence-electron chi connectivity index (χ3n) is 14.0. The molecule has 81 heavy (non-hydrogen) atoms. The molecule has 464 valence electrons. The van der Waals surface area contributed by atoms with Gasteiger partial charge in [-0.2, -0.15) is 0 Å². The number of quaternary nitrogens is 1. The lowest BCUT2D eigenvalue weighted by atomic mass is 10.0. The molecule has 0 aromatic rings. The van der Waals surface area contributed by atoms with Crippen molar-refractivity contribution in [3.05, 3.63) is 109 Å². The van der Waals surface area contributed by atoms with Gasteiger partial charge >= 0.3 is 11.9 Å². The number of hydrogen-bond donors (Lipinski definition) is 0. The van der Waals surface area contributed by atoms with E-state index in [0.29, 0.717) is 23.9 Å². The van der Waals surface area contributed by atoms with Crippen molar-refractivity contribution < 1.29 is 42.9 Å². The summed E-state index contributed by atoms with van der Waals surface area (Å²) in [5, 5.41) is 11.8. The van der Waals surface area contributed by atoms with E-state index in [1.165, 1.54) is 141 Å². The predicted octanol–water partition coefficient (Wildman–Crippen LogP) is 18.9. The minimum atomic E-state index is -1.63. The Morgan fingerprint density at radius 1 is 0.370 bits per heavy atom. The number of unbranched alkanes of at least 4 members (excludes halogenated alkanes) is 27. The van der Waals surface area contributed by atoms with E-state index in [1.54, 1.807) is 0 Å². The van der Waals surface area contributed by atoms with Gasteiger partial charge in [0, 0.05) is 12.8 Å². The molecule has 0 fully saturated rings. The topological polar surface area (TPSA) is 111 Å². The van der Waals surface area contributed by atoms with Crippen LogP contribution in [0.25, 0.3) is 0 Å². The van der Waals surface area contributed by atoms with Crippen molar-refractivity contribution in [2.75, 3.05) is 47.5 Å². The Labute approximate surface area is 498 Å². The molecule has 0 N–H and O–H groups in total. The van der Waals surface area contributed by atoms with Gasteiger partial charge in [-0.3, -0.25) is 9.59 Å². The van der Waals surface area contributed by atoms with Gasteiger partial charge in [0.25, 0.3) is 0 Å². The number of rotatable bonds is 60. The van der Waals surface area contributed by atoms with Crippen LogP contribution in [0.2, 0.25) is 0 Å². The van der Waals surface area contributed by atoms with Crippen LogP contribution < -0.4 is 5.11 Å². The highest BCUT2D eigenvalue weighted by Gasteiger charge is 2.22. The summed E-state index contributed by atoms with van der Waals surface area (Å²) in [4.78, 5) is 37.3. The Morgan fingerprint density at radius 3 is 1.01 bits per heavy atom. The van der Waals surface area contributed by atoms with Gasteiger partial charge in [-0.25, -0.2) is 0 Å². The zero-order chi connectivity index (χ0) is 59.1. The van der Waals surface area contributed by atoms with Crippen LogP contribution in [0.1, 0.15) is 271 Å². The molecule has 2 unspecified atom stereocenters. The quantitative estimate of drug-likeness (QED) is 0.0195. The summed E-state index contributed by atoms with van der Waals surface area (Å²) < 4.78 is 22.7. The van der Waals surface area contributed by atoms with Gasteiger partial charge in [-0.1, -0.05) is 271 Å². The lowest BCUT2D eigenvalue weighted by Gasteiger charge is -2.26. The molecular formula is C72H123NO8. The van der Waals surface area contributed by atoms with Crippen LogP contribution in [0, 0.1) is 0 Å². The van der Waals surface area contributed by atoms with Gasteiger partial charge < -0.3 is 33.3 Å². The van der Waals surface area contributed by atoms with Crippen LogP contribution in [-0.4, -0.2) is 82.3 Å². The number of carboxylic acids is 1. The first-order chi connectivity index (χ1) is 39.6. The molecular weight excluding hydrogens is 1010 g/mol. The monoisotopic (exact) mass is 1130 g/mol. The molecule has 0 saturated heterocycles. The molecule has 0 rings (SSSR count). The van der Waals surface area contributed by atoms with Crippen LogP contribution in [0.5, 0.6) is 0 Å². The number of likely N-dealkylation sites (N-methyl/N-ethyl adjacent to an activating group) is 1. The molecule has 9 heteroatoms. The van der Waals surface area contributed by atoms with E-state index in [4.69, 9.17) is 18.9 Å². The summed E-state index contributed by atoms with van der Waals surface area (Å²) >= 11 is 0. The van der Waals surface area contributed by atoms with E-state index in [1.807, 2.05) is 21.1 Å². The maximum absolute atomic E-state index is 12.9. The first-order valence-electron chi connectivity index (χ1n) is 33.0. The minimum absolute atomic E-state index is 0.138. The maximum atomic E-state index is 12.9. The fourth-order valence-corrected chi connectivity index (χ4v) is 9.03. The Morgan fingerprint density at radius 2 is 0.667 bits per heavy atom. The van der Waals surface area contributed by atoms with Gasteiger partial charge in [-0.05, 0) is 96.3 Å². The van der Waals surface area contributed by atoms with Crippen LogP contribution >= 0.6 is 0 Å². The highest BCUT2D eigenvalue weighted by molar-refractivity contribution is 5.70. The van der Waals surface area contributed by atoms with Gasteiger partial charge in [0.1, 0.15) is 13.2 Å². The fourth-order valence-electron chi connectivity index (χ4n) is 9.03. The second-order valence-electron chi connectivity index (χ2n) is 23.0. The molecule has 0 aromatic carbocycles. The standard InChI is InChI=1S/C72H123NO8/c1-6-8-10-12-14-16-18-20-22-23-24-25-26-27-28-29-30-31-32-33-34-35-36-37-38-39-40-41-42-43-44-45-46-47-49-51-53-55-57-59-61-63-70(75)81-68(67-80-72(71(76)77)78-65-64-73(3,4)5)66-79-69(74)62-60-58-56-54-52-50-48-21-19-17-15-13-11-9-7-2/h8-11,14-17,20-22,24-25,27-28,48,52,54,68,72H,6-7,12-13,18-19,23,26,29-47,49-51,53,55-67H2,1-5H3/b10-8-,11-9-,16-14-,17-15-,22-20-,25-24-,28-27-,48-21-,54-52-. The average Bonchev–Trinajstić information content (AvgIpc) is 3.44. The number of esters is 2. The summed E-state index contributed by atoms with van der Waals surface area (Å²) in [6, 6.07) is 0. The number of carbonyl (C=O) groups excluding carboxylic acids is 3. The molecule has 0 heterocycles. The first-order valence-corrected chi connectivity index (χ1v) is 33.0. The summed E-state index contributed by atoms with van der Waals surface area (Å²) in [5.74, 6) is -2.34. The van der Waals surface area contributed by atoms with Crippen molar-refractivity contribution in [2.45, 2.75) is 283 Å². The molecule has 0 aromatic heterocycles. The summed E-state index contributed by atoms with van der Waals surface area (Å²) in [7, 11) is 5.91. The molecule has 9 nitrogen and oxygen atoms in total. The second kappa shape index (κ2) is 62.0. The van der Waals surface area contributed by atoms with E-state index < -0.39 is 30.3 Å². The molecule has 0 aliphatic carbocycles. The van der Waals surface area contributed by atoms with Crippen LogP contribution in [-0.2, 0) is 33.3 Å². The molecule has 0 aliphatic rings. The van der Waals surface area contributed by atoms with Crippen molar-refractivity contribution in [2.24, 2.45) is 0 Å². The summed E-state index contributed by atoms with van der Waals surface area (Å²) in [6.45, 7) is 4.48. The molecule has 0 amide bonds. The lowest BCUT2D eigenvalue weighted by molar-refractivity contribution is -0.870.